The molecule has 0 spiro atoms. The molecule has 3 heterocycles. The number of anilines is 1. The summed E-state index contributed by atoms with van der Waals surface area (Å²) in [6.45, 7) is 6.04. The van der Waals surface area contributed by atoms with E-state index in [1.807, 2.05) is 24.4 Å². The van der Waals surface area contributed by atoms with Crippen LogP contribution in [-0.4, -0.2) is 54.2 Å². The highest BCUT2D eigenvalue weighted by Crippen LogP contribution is 2.36. The topological polar surface area (TPSA) is 76.6 Å². The van der Waals surface area contributed by atoms with Crippen molar-refractivity contribution in [3.8, 4) is 16.9 Å². The summed E-state index contributed by atoms with van der Waals surface area (Å²) in [4.78, 5) is 23.4. The van der Waals surface area contributed by atoms with Crippen LogP contribution < -0.4 is 10.1 Å². The molecule has 0 unspecified atom stereocenters. The van der Waals surface area contributed by atoms with Crippen molar-refractivity contribution in [3.63, 3.8) is 0 Å². The Kier molecular flexibility index (Phi) is 7.03. The summed E-state index contributed by atoms with van der Waals surface area (Å²) in [7, 11) is 1.60. The first kappa shape index (κ1) is 23.4. The molecule has 180 valence electrons. The summed E-state index contributed by atoms with van der Waals surface area (Å²) in [5, 5.41) is 4.90. The van der Waals surface area contributed by atoms with Gasteiger partial charge < -0.3 is 14.8 Å². The second-order valence-corrected chi connectivity index (χ2v) is 9.54. The van der Waals surface area contributed by atoms with E-state index in [2.05, 4.69) is 44.8 Å². The fourth-order valence-corrected chi connectivity index (χ4v) is 5.14. The summed E-state index contributed by atoms with van der Waals surface area (Å²) in [6, 6.07) is 14.5. The molecule has 0 bridgehead atoms. The first-order chi connectivity index (χ1) is 17.1. The van der Waals surface area contributed by atoms with E-state index >= 15 is 0 Å². The first-order valence-corrected chi connectivity index (χ1v) is 12.5. The molecule has 1 saturated heterocycles. The number of benzene rings is 2. The van der Waals surface area contributed by atoms with E-state index in [-0.39, 0.29) is 5.91 Å². The summed E-state index contributed by atoms with van der Waals surface area (Å²) in [5.74, 6) is 1.27. The Labute approximate surface area is 208 Å². The Morgan fingerprint density at radius 1 is 1.14 bits per heavy atom. The third-order valence-corrected chi connectivity index (χ3v) is 6.99. The van der Waals surface area contributed by atoms with Gasteiger partial charge >= 0.3 is 0 Å². The highest BCUT2D eigenvalue weighted by molar-refractivity contribution is 7.17. The van der Waals surface area contributed by atoms with Gasteiger partial charge in [0.2, 0.25) is 5.91 Å². The van der Waals surface area contributed by atoms with E-state index in [1.165, 1.54) is 18.1 Å². The quantitative estimate of drug-likeness (QED) is 0.405. The van der Waals surface area contributed by atoms with E-state index in [1.54, 1.807) is 18.4 Å². The maximum Gasteiger partial charge on any atom is 0.221 e. The number of hydrogen-bond acceptors (Lipinski definition) is 7. The number of thiophene rings is 1. The van der Waals surface area contributed by atoms with Crippen LogP contribution in [0.15, 0.2) is 54.0 Å². The normalized spacial score (nSPS) is 14.2. The summed E-state index contributed by atoms with van der Waals surface area (Å²) in [6.07, 6.45) is 2.58. The maximum atomic E-state index is 11.5. The van der Waals surface area contributed by atoms with Crippen LogP contribution in [0, 0.1) is 0 Å². The van der Waals surface area contributed by atoms with Gasteiger partial charge in [-0.1, -0.05) is 30.3 Å². The molecular formula is C27H28N4O3S. The zero-order valence-electron chi connectivity index (χ0n) is 19.9. The zero-order valence-corrected chi connectivity index (χ0v) is 20.7. The van der Waals surface area contributed by atoms with Gasteiger partial charge in [0.15, 0.2) is 0 Å². The average Bonchev–Trinajstić information content (AvgIpc) is 3.29. The van der Waals surface area contributed by atoms with Gasteiger partial charge in [0.05, 0.1) is 36.2 Å². The lowest BCUT2D eigenvalue weighted by Gasteiger charge is -2.26. The summed E-state index contributed by atoms with van der Waals surface area (Å²) < 4.78 is 12.0. The van der Waals surface area contributed by atoms with Crippen molar-refractivity contribution in [1.29, 1.82) is 0 Å². The predicted octanol–water partition coefficient (Wildman–Crippen LogP) is 4.75. The molecule has 0 radical (unpaired) electrons. The van der Waals surface area contributed by atoms with Crippen molar-refractivity contribution in [2.75, 3.05) is 38.7 Å². The SMILES string of the molecule is COc1cc(-c2csc3cnc(Cc4ccc(CN5CCOCC5)cc4)nc23)ccc1NC(C)=O. The van der Waals surface area contributed by atoms with E-state index in [4.69, 9.17) is 14.5 Å². The van der Waals surface area contributed by atoms with Crippen molar-refractivity contribution in [3.05, 3.63) is 71.0 Å². The number of carbonyl (C=O) groups excluding carboxylic acids is 1. The molecule has 1 N–H and O–H groups in total. The molecule has 7 nitrogen and oxygen atoms in total. The third-order valence-electron chi connectivity index (χ3n) is 6.08. The van der Waals surface area contributed by atoms with E-state index in [0.29, 0.717) is 17.9 Å². The minimum absolute atomic E-state index is 0.136. The van der Waals surface area contributed by atoms with E-state index in [0.717, 1.165) is 60.0 Å². The second-order valence-electron chi connectivity index (χ2n) is 8.63. The smallest absolute Gasteiger partial charge is 0.221 e. The van der Waals surface area contributed by atoms with Crippen LogP contribution in [0.1, 0.15) is 23.9 Å². The lowest BCUT2D eigenvalue weighted by atomic mass is 10.1. The molecule has 8 heteroatoms. The molecule has 2 aromatic carbocycles. The molecule has 35 heavy (non-hydrogen) atoms. The van der Waals surface area contributed by atoms with Gasteiger partial charge in [0, 0.05) is 50.1 Å². The monoisotopic (exact) mass is 488 g/mol. The van der Waals surface area contributed by atoms with Crippen molar-refractivity contribution in [2.45, 2.75) is 19.9 Å². The number of methoxy groups -OCH3 is 1. The minimum atomic E-state index is -0.136. The fourth-order valence-electron chi connectivity index (χ4n) is 4.27. The van der Waals surface area contributed by atoms with E-state index in [9.17, 15) is 4.79 Å². The summed E-state index contributed by atoms with van der Waals surface area (Å²) >= 11 is 1.62. The van der Waals surface area contributed by atoms with Gasteiger partial charge in [-0.3, -0.25) is 9.69 Å². The molecule has 1 amide bonds. The molecular weight excluding hydrogens is 460 g/mol. The predicted molar refractivity (Wildman–Crippen MR) is 139 cm³/mol. The molecule has 0 saturated carbocycles. The Morgan fingerprint density at radius 2 is 1.91 bits per heavy atom. The Morgan fingerprint density at radius 3 is 2.66 bits per heavy atom. The van der Waals surface area contributed by atoms with Gasteiger partial charge in [0.25, 0.3) is 0 Å². The number of ether oxygens (including phenoxy) is 2. The van der Waals surface area contributed by atoms with Crippen LogP contribution in [0.2, 0.25) is 0 Å². The van der Waals surface area contributed by atoms with Gasteiger partial charge in [-0.15, -0.1) is 11.3 Å². The molecule has 1 fully saturated rings. The van der Waals surface area contributed by atoms with Crippen LogP contribution in [0.4, 0.5) is 5.69 Å². The van der Waals surface area contributed by atoms with Crippen LogP contribution in [0.5, 0.6) is 5.75 Å². The summed E-state index contributed by atoms with van der Waals surface area (Å²) in [5.41, 5.74) is 6.09. The number of carbonyl (C=O) groups is 1. The molecule has 1 aliphatic rings. The maximum absolute atomic E-state index is 11.5. The molecule has 0 atom stereocenters. The lowest BCUT2D eigenvalue weighted by Crippen LogP contribution is -2.35. The van der Waals surface area contributed by atoms with Crippen LogP contribution in [0.3, 0.4) is 0 Å². The lowest BCUT2D eigenvalue weighted by molar-refractivity contribution is -0.114. The molecule has 1 aliphatic heterocycles. The van der Waals surface area contributed by atoms with Crippen molar-refractivity contribution in [2.24, 2.45) is 0 Å². The highest BCUT2D eigenvalue weighted by atomic mass is 32.1. The van der Waals surface area contributed by atoms with Crippen LogP contribution >= 0.6 is 11.3 Å². The number of morpholine rings is 1. The molecule has 2 aromatic heterocycles. The number of hydrogen-bond donors (Lipinski definition) is 1. The fraction of sp³-hybridized carbons (Fsp3) is 0.296. The minimum Gasteiger partial charge on any atom is -0.495 e. The zero-order chi connectivity index (χ0) is 24.2. The van der Waals surface area contributed by atoms with Gasteiger partial charge in [-0.2, -0.15) is 0 Å². The number of fused-ring (bicyclic) bond motifs is 1. The molecule has 4 aromatic rings. The number of rotatable bonds is 7. The number of nitrogens with zero attached hydrogens (tertiary/aromatic N) is 3. The third kappa shape index (κ3) is 5.51. The number of amides is 1. The Bertz CT molecular complexity index is 1330. The first-order valence-electron chi connectivity index (χ1n) is 11.7. The van der Waals surface area contributed by atoms with Crippen LogP contribution in [-0.2, 0) is 22.5 Å². The van der Waals surface area contributed by atoms with Crippen molar-refractivity contribution in [1.82, 2.24) is 14.9 Å². The van der Waals surface area contributed by atoms with Crippen molar-refractivity contribution < 1.29 is 14.3 Å². The second kappa shape index (κ2) is 10.5. The molecule has 0 aliphatic carbocycles. The van der Waals surface area contributed by atoms with Gasteiger partial charge in [-0.05, 0) is 28.8 Å². The van der Waals surface area contributed by atoms with Crippen molar-refractivity contribution >= 4 is 33.1 Å². The van der Waals surface area contributed by atoms with E-state index < -0.39 is 0 Å². The Balaban J connectivity index is 1.35. The van der Waals surface area contributed by atoms with Crippen LogP contribution in [0.25, 0.3) is 21.3 Å². The number of aromatic nitrogens is 2. The number of nitrogens with one attached hydrogen (secondary N) is 1. The molecule has 5 rings (SSSR count). The largest absolute Gasteiger partial charge is 0.495 e. The standard InChI is InChI=1S/C27H28N4O3S/c1-18(32)29-23-8-7-21(14-24(23)33-2)22-17-35-25-15-28-26(30-27(22)25)13-19-3-5-20(6-4-19)16-31-9-11-34-12-10-31/h3-8,14-15,17H,9-13,16H2,1-2H3,(H,29,32). The van der Waals surface area contributed by atoms with Gasteiger partial charge in [0.1, 0.15) is 11.6 Å². The average molecular weight is 489 g/mol. The Hall–Kier alpha value is -3.33. The van der Waals surface area contributed by atoms with Gasteiger partial charge in [-0.25, -0.2) is 9.97 Å². The highest BCUT2D eigenvalue weighted by Gasteiger charge is 2.14.